The zero-order valence-electron chi connectivity index (χ0n) is 36.7. The first-order valence-electron chi connectivity index (χ1n) is 21.5. The second kappa shape index (κ2) is 14.8. The molecule has 4 heteroatoms. The molecule has 4 nitrogen and oxygen atoms in total. The first-order valence-corrected chi connectivity index (χ1v) is 21.5. The van der Waals surface area contributed by atoms with Crippen LogP contribution in [0.15, 0.2) is 144 Å². The smallest absolute Gasteiger partial charge is 0.149 e. The molecule has 0 saturated carbocycles. The van der Waals surface area contributed by atoms with Gasteiger partial charge < -0.3 is 4.42 Å². The number of imidazole rings is 1. The molecule has 3 heterocycles. The summed E-state index contributed by atoms with van der Waals surface area (Å²) in [5.41, 5.74) is 17.8. The third-order valence-electron chi connectivity index (χ3n) is 12.1. The van der Waals surface area contributed by atoms with Crippen molar-refractivity contribution in [2.24, 2.45) is 0 Å². The first-order chi connectivity index (χ1) is 28.7. The Morgan fingerprint density at radius 1 is 0.533 bits per heavy atom. The van der Waals surface area contributed by atoms with Crippen molar-refractivity contribution in [3.05, 3.63) is 162 Å². The number of nitrogens with zero attached hydrogens (tertiary/aromatic N) is 3. The number of para-hydroxylation sites is 3. The van der Waals surface area contributed by atoms with Crippen LogP contribution in [-0.2, 0) is 10.8 Å². The van der Waals surface area contributed by atoms with Crippen molar-refractivity contribution in [3.8, 4) is 50.6 Å². The molecule has 0 radical (unpaired) electrons. The van der Waals surface area contributed by atoms with Crippen LogP contribution < -0.4 is 0 Å². The summed E-state index contributed by atoms with van der Waals surface area (Å²) in [4.78, 5) is 10.5. The monoisotopic (exact) mass is 785 g/mol. The highest BCUT2D eigenvalue weighted by Gasteiger charge is 2.26. The summed E-state index contributed by atoms with van der Waals surface area (Å²) in [6, 6.07) is 48.4. The Hall–Kier alpha value is -6.26. The molecule has 0 bridgehead atoms. The van der Waals surface area contributed by atoms with Gasteiger partial charge in [0.2, 0.25) is 0 Å². The van der Waals surface area contributed by atoms with Crippen LogP contribution in [0.3, 0.4) is 0 Å². The van der Waals surface area contributed by atoms with Gasteiger partial charge in [-0.2, -0.15) is 0 Å². The molecule has 6 aromatic carbocycles. The average Bonchev–Trinajstić information content (AvgIpc) is 3.81. The molecule has 0 spiro atoms. The molecule has 0 fully saturated rings. The van der Waals surface area contributed by atoms with Crippen molar-refractivity contribution in [2.45, 2.75) is 91.9 Å². The SMILES string of the molecule is CC(C)c1cc(-c2ccc(-c3ccccc3)cc2)cc(C(C)C)c1-n1c(-c2cccc3c2oc2cc(-c4cc(C(C)(C)C)cc(C(C)(C)C)c4)ncc23)nc2ccccc21. The predicted octanol–water partition coefficient (Wildman–Crippen LogP) is 15.8. The Labute approximate surface area is 355 Å². The minimum Gasteiger partial charge on any atom is -0.455 e. The second-order valence-electron chi connectivity index (χ2n) is 19.2. The summed E-state index contributed by atoms with van der Waals surface area (Å²) in [6.45, 7) is 22.9. The molecule has 9 rings (SSSR count). The van der Waals surface area contributed by atoms with Gasteiger partial charge in [0, 0.05) is 28.6 Å². The molecule has 0 amide bonds. The minimum atomic E-state index is -0.000831. The number of aromatic nitrogens is 3. The Bertz CT molecular complexity index is 2980. The molecular formula is C56H55N3O. The van der Waals surface area contributed by atoms with Gasteiger partial charge in [-0.25, -0.2) is 4.98 Å². The Morgan fingerprint density at radius 3 is 1.73 bits per heavy atom. The van der Waals surface area contributed by atoms with E-state index in [0.717, 1.165) is 55.6 Å². The van der Waals surface area contributed by atoms with Crippen molar-refractivity contribution in [1.29, 1.82) is 0 Å². The highest BCUT2D eigenvalue weighted by atomic mass is 16.3. The predicted molar refractivity (Wildman–Crippen MR) is 253 cm³/mol. The maximum Gasteiger partial charge on any atom is 0.149 e. The summed E-state index contributed by atoms with van der Waals surface area (Å²) < 4.78 is 9.37. The number of hydrogen-bond donors (Lipinski definition) is 0. The zero-order chi connectivity index (χ0) is 42.1. The van der Waals surface area contributed by atoms with Crippen molar-refractivity contribution in [1.82, 2.24) is 14.5 Å². The maximum absolute atomic E-state index is 6.96. The summed E-state index contributed by atoms with van der Waals surface area (Å²) in [6.07, 6.45) is 1.99. The van der Waals surface area contributed by atoms with Crippen LogP contribution in [-0.4, -0.2) is 14.5 Å². The quantitative estimate of drug-likeness (QED) is 0.162. The fourth-order valence-corrected chi connectivity index (χ4v) is 8.57. The van der Waals surface area contributed by atoms with Crippen LogP contribution >= 0.6 is 0 Å². The molecular weight excluding hydrogens is 731 g/mol. The van der Waals surface area contributed by atoms with Gasteiger partial charge in [0.1, 0.15) is 17.0 Å². The van der Waals surface area contributed by atoms with Gasteiger partial charge in [0.25, 0.3) is 0 Å². The van der Waals surface area contributed by atoms with Gasteiger partial charge in [-0.15, -0.1) is 0 Å². The van der Waals surface area contributed by atoms with Gasteiger partial charge in [0.05, 0.1) is 28.0 Å². The third-order valence-corrected chi connectivity index (χ3v) is 12.1. The molecule has 0 unspecified atom stereocenters. The van der Waals surface area contributed by atoms with Crippen LogP contribution in [0.1, 0.15) is 103 Å². The van der Waals surface area contributed by atoms with Crippen LogP contribution in [0.4, 0.5) is 0 Å². The summed E-state index contributed by atoms with van der Waals surface area (Å²) in [7, 11) is 0. The van der Waals surface area contributed by atoms with Crippen molar-refractivity contribution in [3.63, 3.8) is 0 Å². The van der Waals surface area contributed by atoms with E-state index in [9.17, 15) is 0 Å². The number of hydrogen-bond acceptors (Lipinski definition) is 3. The molecule has 0 N–H and O–H groups in total. The van der Waals surface area contributed by atoms with E-state index in [-0.39, 0.29) is 22.7 Å². The molecule has 9 aromatic rings. The Balaban J connectivity index is 1.23. The van der Waals surface area contributed by atoms with Crippen LogP contribution in [0.2, 0.25) is 0 Å². The topological polar surface area (TPSA) is 43.9 Å². The van der Waals surface area contributed by atoms with E-state index in [1.807, 2.05) is 6.20 Å². The standard InChI is InChI=1S/C56H55N3O/c1-34(2)45-29-39(38-25-23-37(24-26-38)36-17-12-11-13-18-36)30-46(35(3)4)52(45)59-50-22-15-14-21-48(50)58-54(59)44-20-16-19-43-47-33-57-49(32-51(47)60-53(43)44)40-27-41(55(5,6)7)31-42(28-40)56(8,9)10/h11-35H,1-10H3. The van der Waals surface area contributed by atoms with E-state index < -0.39 is 0 Å². The lowest BCUT2D eigenvalue weighted by molar-refractivity contribution is 0.569. The average molecular weight is 786 g/mol. The number of fused-ring (bicyclic) bond motifs is 4. The van der Waals surface area contributed by atoms with E-state index in [0.29, 0.717) is 0 Å². The second-order valence-corrected chi connectivity index (χ2v) is 19.2. The lowest BCUT2D eigenvalue weighted by atomic mass is 9.79. The number of benzene rings is 6. The number of pyridine rings is 1. The van der Waals surface area contributed by atoms with Crippen LogP contribution in [0, 0.1) is 0 Å². The summed E-state index contributed by atoms with van der Waals surface area (Å²) >= 11 is 0. The third kappa shape index (κ3) is 7.02. The first kappa shape index (κ1) is 39.2. The van der Waals surface area contributed by atoms with Gasteiger partial charge in [-0.1, -0.05) is 154 Å². The molecule has 300 valence electrons. The van der Waals surface area contributed by atoms with E-state index in [4.69, 9.17) is 14.4 Å². The molecule has 0 aliphatic rings. The Morgan fingerprint density at radius 2 is 1.12 bits per heavy atom. The van der Waals surface area contributed by atoms with Crippen LogP contribution in [0.25, 0.3) is 83.6 Å². The maximum atomic E-state index is 6.96. The molecule has 60 heavy (non-hydrogen) atoms. The summed E-state index contributed by atoms with van der Waals surface area (Å²) in [5, 5.41) is 2.02. The Kier molecular flexibility index (Phi) is 9.66. The highest BCUT2D eigenvalue weighted by molar-refractivity contribution is 6.10. The van der Waals surface area contributed by atoms with Gasteiger partial charge in [-0.05, 0) is 110 Å². The number of furan rings is 1. The summed E-state index contributed by atoms with van der Waals surface area (Å²) in [5.74, 6) is 1.36. The molecule has 0 saturated heterocycles. The molecule has 0 aliphatic carbocycles. The lowest BCUT2D eigenvalue weighted by Gasteiger charge is -2.26. The van der Waals surface area contributed by atoms with Crippen molar-refractivity contribution >= 4 is 33.0 Å². The van der Waals surface area contributed by atoms with Crippen molar-refractivity contribution < 1.29 is 4.42 Å². The lowest BCUT2D eigenvalue weighted by Crippen LogP contribution is -2.16. The van der Waals surface area contributed by atoms with Gasteiger partial charge >= 0.3 is 0 Å². The largest absolute Gasteiger partial charge is 0.455 e. The van der Waals surface area contributed by atoms with E-state index in [1.54, 1.807) is 0 Å². The zero-order valence-corrected chi connectivity index (χ0v) is 36.7. The van der Waals surface area contributed by atoms with Gasteiger partial charge in [0.15, 0.2) is 0 Å². The van der Waals surface area contributed by atoms with Gasteiger partial charge in [-0.3, -0.25) is 9.55 Å². The number of rotatable bonds is 7. The molecule has 0 atom stereocenters. The van der Waals surface area contributed by atoms with Crippen molar-refractivity contribution in [2.75, 3.05) is 0 Å². The fraction of sp³-hybridized carbons (Fsp3) is 0.250. The minimum absolute atomic E-state index is 0.000831. The highest BCUT2D eigenvalue weighted by Crippen LogP contribution is 2.43. The van der Waals surface area contributed by atoms with E-state index >= 15 is 0 Å². The normalized spacial score (nSPS) is 12.5. The van der Waals surface area contributed by atoms with Crippen LogP contribution in [0.5, 0.6) is 0 Å². The fourth-order valence-electron chi connectivity index (χ4n) is 8.57. The van der Waals surface area contributed by atoms with E-state index in [2.05, 4.69) is 207 Å². The molecule has 3 aromatic heterocycles. The van der Waals surface area contributed by atoms with E-state index in [1.165, 1.54) is 50.2 Å². The molecule has 0 aliphatic heterocycles.